The second-order valence-electron chi connectivity index (χ2n) is 7.06. The van der Waals surface area contributed by atoms with Gasteiger partial charge in [-0.2, -0.15) is 4.98 Å². The van der Waals surface area contributed by atoms with Crippen molar-refractivity contribution in [3.8, 4) is 23.0 Å². The molecule has 0 unspecified atom stereocenters. The van der Waals surface area contributed by atoms with Gasteiger partial charge in [0.15, 0.2) is 11.5 Å². The summed E-state index contributed by atoms with van der Waals surface area (Å²) >= 11 is 0. The van der Waals surface area contributed by atoms with E-state index in [0.29, 0.717) is 31.3 Å². The van der Waals surface area contributed by atoms with Gasteiger partial charge in [0.25, 0.3) is 0 Å². The van der Waals surface area contributed by atoms with Gasteiger partial charge in [0.1, 0.15) is 13.2 Å². The molecule has 158 valence electrons. The van der Waals surface area contributed by atoms with E-state index in [-0.39, 0.29) is 21.7 Å². The van der Waals surface area contributed by atoms with Gasteiger partial charge in [-0.3, -0.25) is 0 Å². The number of benzene rings is 2. The highest BCUT2D eigenvalue weighted by Gasteiger charge is 2.30. The predicted octanol–water partition coefficient (Wildman–Crippen LogP) is 4.47. The molecule has 1 aliphatic heterocycles. The molecule has 30 heavy (non-hydrogen) atoms. The van der Waals surface area contributed by atoms with Crippen LogP contribution in [0, 0.1) is 6.92 Å². The molecule has 7 nitrogen and oxygen atoms in total. The average molecular weight is 429 g/mol. The van der Waals surface area contributed by atoms with Crippen LogP contribution in [0.4, 0.5) is 5.88 Å². The van der Waals surface area contributed by atoms with E-state index >= 15 is 0 Å². The summed E-state index contributed by atoms with van der Waals surface area (Å²) in [6, 6.07) is 12.1. The monoisotopic (exact) mass is 428 g/mol. The third-order valence-electron chi connectivity index (χ3n) is 4.87. The van der Waals surface area contributed by atoms with Crippen molar-refractivity contribution in [2.24, 2.45) is 0 Å². The van der Waals surface area contributed by atoms with Crippen LogP contribution >= 0.6 is 0 Å². The van der Waals surface area contributed by atoms with E-state index in [1.165, 1.54) is 12.1 Å². The Balaban J connectivity index is 1.78. The number of fused-ring (bicyclic) bond motifs is 1. The molecule has 0 amide bonds. The maximum Gasteiger partial charge on any atom is 0.233 e. The van der Waals surface area contributed by atoms with Crippen molar-refractivity contribution >= 4 is 15.7 Å². The molecule has 1 aromatic heterocycles. The first kappa shape index (κ1) is 20.3. The standard InChI is InChI=1S/C22H24N2O5S/c1-3-4-11-23-21-22(24-20(29-21)17-8-6-5-7-15(17)2)30(25,26)16-9-10-18-19(14-16)28-13-12-27-18/h5-10,14,23H,3-4,11-13H2,1-2H3. The number of rotatable bonds is 7. The molecule has 8 heteroatoms. The summed E-state index contributed by atoms with van der Waals surface area (Å²) < 4.78 is 43.8. The molecule has 0 aliphatic carbocycles. The summed E-state index contributed by atoms with van der Waals surface area (Å²) in [5.74, 6) is 1.35. The maximum atomic E-state index is 13.4. The Bertz CT molecular complexity index is 1150. The number of nitrogens with one attached hydrogen (secondary N) is 1. The zero-order chi connectivity index (χ0) is 21.1. The Labute approximate surface area is 176 Å². The first-order valence-electron chi connectivity index (χ1n) is 9.96. The minimum atomic E-state index is -3.94. The number of hydrogen-bond donors (Lipinski definition) is 1. The Hall–Kier alpha value is -3.00. The minimum Gasteiger partial charge on any atom is -0.486 e. The van der Waals surface area contributed by atoms with Crippen LogP contribution in [0.25, 0.3) is 11.5 Å². The van der Waals surface area contributed by atoms with Crippen LogP contribution in [0.15, 0.2) is 56.8 Å². The zero-order valence-electron chi connectivity index (χ0n) is 17.0. The molecule has 0 atom stereocenters. The predicted molar refractivity (Wildman–Crippen MR) is 113 cm³/mol. The van der Waals surface area contributed by atoms with Crippen molar-refractivity contribution in [2.45, 2.75) is 36.6 Å². The number of sulfone groups is 1. The molecular weight excluding hydrogens is 404 g/mol. The van der Waals surface area contributed by atoms with Gasteiger partial charge in [-0.15, -0.1) is 0 Å². The van der Waals surface area contributed by atoms with E-state index in [1.54, 1.807) is 6.07 Å². The second kappa shape index (κ2) is 8.39. The topological polar surface area (TPSA) is 90.7 Å². The van der Waals surface area contributed by atoms with Crippen molar-refractivity contribution in [1.29, 1.82) is 0 Å². The van der Waals surface area contributed by atoms with Crippen molar-refractivity contribution in [3.63, 3.8) is 0 Å². The van der Waals surface area contributed by atoms with Gasteiger partial charge >= 0.3 is 0 Å². The molecule has 0 saturated carbocycles. The quantitative estimate of drug-likeness (QED) is 0.555. The Morgan fingerprint density at radius 2 is 1.83 bits per heavy atom. The number of anilines is 1. The number of oxazole rings is 1. The zero-order valence-corrected chi connectivity index (χ0v) is 17.8. The van der Waals surface area contributed by atoms with E-state index in [2.05, 4.69) is 17.2 Å². The first-order chi connectivity index (χ1) is 14.5. The van der Waals surface area contributed by atoms with Crippen molar-refractivity contribution in [1.82, 2.24) is 4.98 Å². The lowest BCUT2D eigenvalue weighted by Gasteiger charge is -2.18. The van der Waals surface area contributed by atoms with E-state index in [4.69, 9.17) is 13.9 Å². The molecule has 4 rings (SSSR count). The fourth-order valence-electron chi connectivity index (χ4n) is 3.21. The van der Waals surface area contributed by atoms with Gasteiger partial charge in [-0.1, -0.05) is 31.5 Å². The molecular formula is C22H24N2O5S. The van der Waals surface area contributed by atoms with E-state index in [1.807, 2.05) is 31.2 Å². The largest absolute Gasteiger partial charge is 0.486 e. The van der Waals surface area contributed by atoms with Gasteiger partial charge in [0.2, 0.25) is 26.6 Å². The summed E-state index contributed by atoms with van der Waals surface area (Å²) in [7, 11) is -3.94. The normalized spacial score (nSPS) is 13.3. The van der Waals surface area contributed by atoms with E-state index < -0.39 is 9.84 Å². The fourth-order valence-corrected chi connectivity index (χ4v) is 4.50. The van der Waals surface area contributed by atoms with Crippen molar-refractivity contribution in [3.05, 3.63) is 48.0 Å². The van der Waals surface area contributed by atoms with Crippen molar-refractivity contribution < 1.29 is 22.3 Å². The lowest BCUT2D eigenvalue weighted by atomic mass is 10.1. The SMILES string of the molecule is CCCCNc1oc(-c2ccccc2C)nc1S(=O)(=O)c1ccc2c(c1)OCCO2. The molecule has 0 spiro atoms. The van der Waals surface area contributed by atoms with Gasteiger partial charge in [0, 0.05) is 18.2 Å². The Morgan fingerprint density at radius 3 is 2.60 bits per heavy atom. The number of aryl methyl sites for hydroxylation is 1. The molecule has 2 aromatic carbocycles. The van der Waals surface area contributed by atoms with Crippen LogP contribution in [0.3, 0.4) is 0 Å². The highest BCUT2D eigenvalue weighted by Crippen LogP contribution is 2.37. The molecule has 0 bridgehead atoms. The number of hydrogen-bond acceptors (Lipinski definition) is 7. The molecule has 0 saturated heterocycles. The number of unbranched alkanes of at least 4 members (excludes halogenated alkanes) is 1. The molecule has 0 fully saturated rings. The maximum absolute atomic E-state index is 13.4. The second-order valence-corrected chi connectivity index (χ2v) is 8.92. The van der Waals surface area contributed by atoms with Gasteiger partial charge in [-0.05, 0) is 37.1 Å². The highest BCUT2D eigenvalue weighted by molar-refractivity contribution is 7.91. The average Bonchev–Trinajstić information content (AvgIpc) is 3.18. The number of aromatic nitrogens is 1. The lowest BCUT2D eigenvalue weighted by Crippen LogP contribution is -2.16. The smallest absolute Gasteiger partial charge is 0.233 e. The third kappa shape index (κ3) is 3.87. The van der Waals surface area contributed by atoms with Crippen LogP contribution in [0.2, 0.25) is 0 Å². The summed E-state index contributed by atoms with van der Waals surface area (Å²) in [6.45, 7) is 5.39. The summed E-state index contributed by atoms with van der Waals surface area (Å²) in [6.07, 6.45) is 1.85. The molecule has 3 aromatic rings. The fraction of sp³-hybridized carbons (Fsp3) is 0.318. The van der Waals surface area contributed by atoms with Gasteiger partial charge in [-0.25, -0.2) is 8.42 Å². The molecule has 1 N–H and O–H groups in total. The van der Waals surface area contributed by atoms with Crippen molar-refractivity contribution in [2.75, 3.05) is 25.1 Å². The Morgan fingerprint density at radius 1 is 1.07 bits per heavy atom. The Kier molecular flexibility index (Phi) is 5.67. The summed E-state index contributed by atoms with van der Waals surface area (Å²) in [4.78, 5) is 4.47. The number of ether oxygens (including phenoxy) is 2. The van der Waals surface area contributed by atoms with E-state index in [9.17, 15) is 8.42 Å². The highest BCUT2D eigenvalue weighted by atomic mass is 32.2. The summed E-state index contributed by atoms with van der Waals surface area (Å²) in [5, 5.41) is 2.97. The lowest BCUT2D eigenvalue weighted by molar-refractivity contribution is 0.171. The van der Waals surface area contributed by atoms with Crippen LogP contribution < -0.4 is 14.8 Å². The molecule has 1 aliphatic rings. The van der Waals surface area contributed by atoms with Crippen LogP contribution in [-0.4, -0.2) is 33.2 Å². The molecule has 0 radical (unpaired) electrons. The van der Waals surface area contributed by atoms with Crippen LogP contribution in [0.1, 0.15) is 25.3 Å². The van der Waals surface area contributed by atoms with Crippen LogP contribution in [0.5, 0.6) is 11.5 Å². The third-order valence-corrected chi connectivity index (χ3v) is 6.53. The van der Waals surface area contributed by atoms with Gasteiger partial charge in [0.05, 0.1) is 4.90 Å². The minimum absolute atomic E-state index is 0.0786. The van der Waals surface area contributed by atoms with Crippen LogP contribution in [-0.2, 0) is 9.84 Å². The molecule has 2 heterocycles. The first-order valence-corrected chi connectivity index (χ1v) is 11.4. The van der Waals surface area contributed by atoms with E-state index in [0.717, 1.165) is 24.0 Å². The summed E-state index contributed by atoms with van der Waals surface area (Å²) in [5.41, 5.74) is 1.70. The number of nitrogens with zero attached hydrogens (tertiary/aromatic N) is 1. The van der Waals surface area contributed by atoms with Gasteiger partial charge < -0.3 is 19.2 Å².